The van der Waals surface area contributed by atoms with Gasteiger partial charge in [-0.05, 0) is 12.1 Å². The number of halogens is 4. The molecule has 1 unspecified atom stereocenters. The van der Waals surface area contributed by atoms with Crippen LogP contribution >= 0.6 is 11.3 Å². The fraction of sp³-hybridized carbons (Fsp3) is 0.304. The van der Waals surface area contributed by atoms with Gasteiger partial charge in [-0.15, -0.1) is 11.3 Å². The highest BCUT2D eigenvalue weighted by molar-refractivity contribution is 7.15. The number of carboxylic acid groups (broad SMARTS) is 1. The smallest absolute Gasteiger partial charge is 0.374 e. The SMILES string of the molecule is CC(F)(F)C(=O)O.O=C(c1cn2ccsc2n1)N1CCC(F)(F)C(Oc2ccc3ccccc3n2)C1. The first kappa shape index (κ1) is 25.4. The molecule has 4 heterocycles. The average molecular weight is 524 g/mol. The van der Waals surface area contributed by atoms with Gasteiger partial charge in [0.25, 0.3) is 11.8 Å². The van der Waals surface area contributed by atoms with E-state index >= 15 is 0 Å². The third kappa shape index (κ3) is 5.56. The van der Waals surface area contributed by atoms with Crippen LogP contribution in [-0.4, -0.2) is 67.3 Å². The van der Waals surface area contributed by atoms with Crippen molar-refractivity contribution in [3.05, 3.63) is 59.9 Å². The van der Waals surface area contributed by atoms with Crippen LogP contribution in [0, 0.1) is 0 Å². The number of likely N-dealkylation sites (tertiary alicyclic amines) is 1. The number of aromatic nitrogens is 3. The molecule has 0 spiro atoms. The molecule has 8 nitrogen and oxygen atoms in total. The lowest BCUT2D eigenvalue weighted by Gasteiger charge is -2.37. The van der Waals surface area contributed by atoms with Crippen LogP contribution in [0.25, 0.3) is 15.9 Å². The topological polar surface area (TPSA) is 97.0 Å². The molecule has 1 aromatic carbocycles. The molecule has 1 aliphatic heterocycles. The van der Waals surface area contributed by atoms with Crippen LogP contribution in [0.5, 0.6) is 5.88 Å². The van der Waals surface area contributed by atoms with Gasteiger partial charge in [0, 0.05) is 49.1 Å². The maximum absolute atomic E-state index is 14.5. The number of hydrogen-bond donors (Lipinski definition) is 1. The summed E-state index contributed by atoms with van der Waals surface area (Å²) in [6, 6.07) is 10.7. The number of carbonyl (C=O) groups excluding carboxylic acids is 1. The molecule has 1 aliphatic rings. The Hall–Kier alpha value is -3.74. The number of fused-ring (bicyclic) bond motifs is 2. The monoisotopic (exact) mass is 524 g/mol. The maximum Gasteiger partial charge on any atom is 0.374 e. The van der Waals surface area contributed by atoms with E-state index in [1.165, 1.54) is 16.2 Å². The van der Waals surface area contributed by atoms with Crippen molar-refractivity contribution in [2.24, 2.45) is 0 Å². The molecule has 3 aromatic heterocycles. The summed E-state index contributed by atoms with van der Waals surface area (Å²) in [6.07, 6.45) is 1.46. The molecule has 0 saturated carbocycles. The summed E-state index contributed by atoms with van der Waals surface area (Å²) in [5.41, 5.74) is 0.903. The maximum atomic E-state index is 14.5. The lowest BCUT2D eigenvalue weighted by atomic mass is 10.0. The second kappa shape index (κ2) is 9.72. The number of carbonyl (C=O) groups is 2. The van der Waals surface area contributed by atoms with Gasteiger partial charge in [0.15, 0.2) is 11.1 Å². The molecule has 1 saturated heterocycles. The molecule has 4 aromatic rings. The number of ether oxygens (including phenoxy) is 1. The number of rotatable bonds is 4. The van der Waals surface area contributed by atoms with Crippen molar-refractivity contribution in [3.63, 3.8) is 0 Å². The Balaban J connectivity index is 0.000000384. The van der Waals surface area contributed by atoms with Gasteiger partial charge >= 0.3 is 11.9 Å². The van der Waals surface area contributed by atoms with E-state index in [2.05, 4.69) is 9.97 Å². The number of amides is 1. The average Bonchev–Trinajstić information content (AvgIpc) is 3.42. The summed E-state index contributed by atoms with van der Waals surface area (Å²) in [5.74, 6) is -8.99. The predicted octanol–water partition coefficient (Wildman–Crippen LogP) is 4.60. The van der Waals surface area contributed by atoms with E-state index in [1.807, 2.05) is 23.6 Å². The summed E-state index contributed by atoms with van der Waals surface area (Å²) in [7, 11) is 0. The molecular formula is C23H20F4N4O4S. The number of alkyl halides is 4. The third-order valence-electron chi connectivity index (χ3n) is 5.38. The van der Waals surface area contributed by atoms with Gasteiger partial charge in [0.05, 0.1) is 12.1 Å². The van der Waals surface area contributed by atoms with E-state index in [9.17, 15) is 27.2 Å². The first-order valence-electron chi connectivity index (χ1n) is 10.7. The molecule has 1 atom stereocenters. The number of carboxylic acids is 1. The van der Waals surface area contributed by atoms with Crippen LogP contribution in [0.2, 0.25) is 0 Å². The molecule has 0 aliphatic carbocycles. The van der Waals surface area contributed by atoms with E-state index in [1.54, 1.807) is 35.0 Å². The minimum absolute atomic E-state index is 0.0536. The number of piperidine rings is 1. The number of para-hydroxylation sites is 1. The Labute approximate surface area is 205 Å². The molecular weight excluding hydrogens is 504 g/mol. The van der Waals surface area contributed by atoms with E-state index in [0.29, 0.717) is 17.4 Å². The molecule has 5 rings (SSSR count). The molecule has 0 radical (unpaired) electrons. The van der Waals surface area contributed by atoms with Gasteiger partial charge in [0.1, 0.15) is 5.69 Å². The molecule has 1 fully saturated rings. The highest BCUT2D eigenvalue weighted by Crippen LogP contribution is 2.32. The zero-order valence-electron chi connectivity index (χ0n) is 18.8. The van der Waals surface area contributed by atoms with Gasteiger partial charge in [-0.25, -0.2) is 23.5 Å². The van der Waals surface area contributed by atoms with Crippen molar-refractivity contribution in [1.29, 1.82) is 0 Å². The van der Waals surface area contributed by atoms with Crippen molar-refractivity contribution >= 4 is 39.1 Å². The molecule has 1 N–H and O–H groups in total. The lowest BCUT2D eigenvalue weighted by Crippen LogP contribution is -2.55. The highest BCUT2D eigenvalue weighted by atomic mass is 32.1. The van der Waals surface area contributed by atoms with Crippen LogP contribution in [0.4, 0.5) is 17.6 Å². The Bertz CT molecular complexity index is 1370. The van der Waals surface area contributed by atoms with E-state index in [-0.39, 0.29) is 30.6 Å². The van der Waals surface area contributed by atoms with Crippen molar-refractivity contribution in [2.45, 2.75) is 31.3 Å². The van der Waals surface area contributed by atoms with E-state index < -0.39 is 30.3 Å². The summed E-state index contributed by atoms with van der Waals surface area (Å²) in [6.45, 7) is 0.0445. The van der Waals surface area contributed by atoms with Gasteiger partial charge in [0.2, 0.25) is 5.88 Å². The lowest BCUT2D eigenvalue weighted by molar-refractivity contribution is -0.161. The Kier molecular flexibility index (Phi) is 6.85. The molecule has 1 amide bonds. The Morgan fingerprint density at radius 3 is 2.61 bits per heavy atom. The van der Waals surface area contributed by atoms with Gasteiger partial charge in [-0.1, -0.05) is 18.2 Å². The number of aliphatic carboxylic acids is 1. The first-order chi connectivity index (χ1) is 16.9. The van der Waals surface area contributed by atoms with Crippen LogP contribution < -0.4 is 4.74 Å². The van der Waals surface area contributed by atoms with Crippen LogP contribution in [0.15, 0.2) is 54.2 Å². The standard InChI is InChI=1S/C20H16F2N4O2S.C3H4F2O2/c21-20(22)7-8-25(18(27)15-11-26-9-10-29-19(26)24-15)12-16(20)28-17-6-5-13-3-1-2-4-14(13)23-17;1-3(4,5)2(6)7/h1-6,9-11,16H,7-8,12H2;1H3,(H,6,7). The largest absolute Gasteiger partial charge is 0.477 e. The van der Waals surface area contributed by atoms with Crippen molar-refractivity contribution in [3.8, 4) is 5.88 Å². The van der Waals surface area contributed by atoms with Gasteiger partial charge in [-0.2, -0.15) is 8.78 Å². The second-order valence-electron chi connectivity index (χ2n) is 8.12. The zero-order chi connectivity index (χ0) is 26.1. The number of pyridine rings is 1. The van der Waals surface area contributed by atoms with Crippen LogP contribution in [0.3, 0.4) is 0 Å². The summed E-state index contributed by atoms with van der Waals surface area (Å²) >= 11 is 1.40. The molecule has 36 heavy (non-hydrogen) atoms. The minimum Gasteiger partial charge on any atom is -0.477 e. The van der Waals surface area contributed by atoms with Crippen LogP contribution in [0.1, 0.15) is 23.8 Å². The zero-order valence-corrected chi connectivity index (χ0v) is 19.6. The molecule has 190 valence electrons. The highest BCUT2D eigenvalue weighted by Gasteiger charge is 2.47. The fourth-order valence-corrected chi connectivity index (χ4v) is 4.13. The molecule has 0 bridgehead atoms. The van der Waals surface area contributed by atoms with E-state index in [4.69, 9.17) is 9.84 Å². The summed E-state index contributed by atoms with van der Waals surface area (Å²) < 4.78 is 58.8. The minimum atomic E-state index is -3.58. The number of hydrogen-bond acceptors (Lipinski definition) is 6. The number of nitrogens with zero attached hydrogens (tertiary/aromatic N) is 4. The van der Waals surface area contributed by atoms with E-state index in [0.717, 1.165) is 5.39 Å². The van der Waals surface area contributed by atoms with Crippen LogP contribution in [-0.2, 0) is 4.79 Å². The Morgan fingerprint density at radius 2 is 1.92 bits per heavy atom. The quantitative estimate of drug-likeness (QED) is 0.392. The predicted molar refractivity (Wildman–Crippen MR) is 123 cm³/mol. The number of thiazole rings is 1. The van der Waals surface area contributed by atoms with Crippen molar-refractivity contribution < 1.29 is 37.0 Å². The first-order valence-corrected chi connectivity index (χ1v) is 11.5. The summed E-state index contributed by atoms with van der Waals surface area (Å²) in [5, 5.41) is 10.3. The van der Waals surface area contributed by atoms with Gasteiger partial charge in [-0.3, -0.25) is 9.20 Å². The molecule has 13 heteroatoms. The Morgan fingerprint density at radius 1 is 1.19 bits per heavy atom. The second-order valence-corrected chi connectivity index (χ2v) is 9.00. The van der Waals surface area contributed by atoms with Crippen molar-refractivity contribution in [1.82, 2.24) is 19.3 Å². The van der Waals surface area contributed by atoms with Crippen molar-refractivity contribution in [2.75, 3.05) is 13.1 Å². The number of benzene rings is 1. The number of imidazole rings is 1. The fourth-order valence-electron chi connectivity index (χ4n) is 3.43. The van der Waals surface area contributed by atoms with Gasteiger partial charge < -0.3 is 14.7 Å². The summed E-state index contributed by atoms with van der Waals surface area (Å²) in [4.78, 5) is 32.7. The normalized spacial score (nSPS) is 17.5. The third-order valence-corrected chi connectivity index (χ3v) is 6.15.